The van der Waals surface area contributed by atoms with Gasteiger partial charge >= 0.3 is 18.0 Å². The van der Waals surface area contributed by atoms with Crippen molar-refractivity contribution in [2.45, 2.75) is 18.4 Å². The second-order valence-electron chi connectivity index (χ2n) is 7.96. The lowest BCUT2D eigenvalue weighted by Gasteiger charge is -2.18. The molecule has 3 amide bonds. The van der Waals surface area contributed by atoms with E-state index < -0.39 is 29.9 Å². The van der Waals surface area contributed by atoms with Gasteiger partial charge in [-0.15, -0.1) is 0 Å². The molecule has 4 N–H and O–H groups in total. The number of carbonyl (C=O) groups excluding carboxylic acids is 3. The maximum absolute atomic E-state index is 12.6. The molecule has 178 valence electrons. The zero-order valence-electron chi connectivity index (χ0n) is 18.6. The third-order valence-corrected chi connectivity index (χ3v) is 5.73. The van der Waals surface area contributed by atoms with Gasteiger partial charge in [-0.05, 0) is 27.8 Å². The van der Waals surface area contributed by atoms with Crippen molar-refractivity contribution in [3.8, 4) is 11.1 Å². The lowest BCUT2D eigenvalue weighted by molar-refractivity contribution is -0.151. The Labute approximate surface area is 201 Å². The van der Waals surface area contributed by atoms with E-state index in [0.29, 0.717) is 5.56 Å². The van der Waals surface area contributed by atoms with Crippen LogP contribution in [0.5, 0.6) is 0 Å². The molecule has 0 saturated carbocycles. The van der Waals surface area contributed by atoms with Crippen LogP contribution in [0.2, 0.25) is 0 Å². The number of amides is 3. The van der Waals surface area contributed by atoms with Crippen LogP contribution in [0.4, 0.5) is 4.79 Å². The maximum atomic E-state index is 12.6. The average molecular weight is 473 g/mol. The Bertz CT molecular complexity index is 1220. The smallest absolute Gasteiger partial charge is 0.426 e. The molecule has 0 heterocycles. The molecular weight excluding hydrogens is 450 g/mol. The van der Waals surface area contributed by atoms with E-state index in [0.717, 1.165) is 22.3 Å². The molecule has 0 aliphatic heterocycles. The molecule has 0 spiro atoms. The number of carbonyl (C=O) groups is 4. The summed E-state index contributed by atoms with van der Waals surface area (Å²) >= 11 is 0. The monoisotopic (exact) mass is 473 g/mol. The summed E-state index contributed by atoms with van der Waals surface area (Å²) in [5.41, 5.74) is 9.31. The van der Waals surface area contributed by atoms with Crippen molar-refractivity contribution in [2.24, 2.45) is 0 Å². The summed E-state index contributed by atoms with van der Waals surface area (Å²) in [6.07, 6.45) is -0.860. The third-order valence-electron chi connectivity index (χ3n) is 5.73. The molecule has 1 atom stereocenters. The number of ether oxygens (including phenoxy) is 1. The Balaban J connectivity index is 1.36. The highest BCUT2D eigenvalue weighted by atomic mass is 16.6. The molecule has 0 saturated heterocycles. The van der Waals surface area contributed by atoms with Gasteiger partial charge in [0.1, 0.15) is 12.6 Å². The molecule has 0 aromatic heterocycles. The number of nitrogens with one attached hydrogen (secondary N) is 3. The number of benzene rings is 3. The fraction of sp³-hybridized carbons (Fsp3) is 0.154. The second kappa shape index (κ2) is 10.5. The summed E-state index contributed by atoms with van der Waals surface area (Å²) in [7, 11) is 0. The molecular formula is C26H23N3O6. The van der Waals surface area contributed by atoms with Crippen LogP contribution in [0.15, 0.2) is 78.9 Å². The summed E-state index contributed by atoms with van der Waals surface area (Å²) in [5, 5.41) is 11.0. The van der Waals surface area contributed by atoms with Crippen LogP contribution in [0, 0.1) is 0 Å². The van der Waals surface area contributed by atoms with Crippen molar-refractivity contribution < 1.29 is 29.0 Å². The second-order valence-corrected chi connectivity index (χ2v) is 7.96. The van der Waals surface area contributed by atoms with E-state index in [-0.39, 0.29) is 18.9 Å². The molecule has 0 unspecified atom stereocenters. The number of aliphatic carboxylic acids is 1. The largest absolute Gasteiger partial charge is 0.474 e. The molecule has 1 aliphatic rings. The Morgan fingerprint density at radius 1 is 0.800 bits per heavy atom. The van der Waals surface area contributed by atoms with Crippen LogP contribution in [0.25, 0.3) is 11.1 Å². The van der Waals surface area contributed by atoms with Crippen LogP contribution in [-0.4, -0.2) is 41.6 Å². The van der Waals surface area contributed by atoms with Gasteiger partial charge in [-0.3, -0.25) is 15.0 Å². The van der Waals surface area contributed by atoms with E-state index in [4.69, 9.17) is 9.84 Å². The highest BCUT2D eigenvalue weighted by Gasteiger charge is 2.29. The number of hydrogen-bond donors (Lipinski definition) is 4. The minimum absolute atomic E-state index is 0.0259. The quantitative estimate of drug-likeness (QED) is 0.321. The van der Waals surface area contributed by atoms with Gasteiger partial charge in [-0.25, -0.2) is 15.0 Å². The summed E-state index contributed by atoms with van der Waals surface area (Å²) in [6.45, 7) is 0.0545. The van der Waals surface area contributed by atoms with Crippen LogP contribution < -0.4 is 16.2 Å². The first-order chi connectivity index (χ1) is 16.9. The van der Waals surface area contributed by atoms with Gasteiger partial charge in [-0.1, -0.05) is 78.9 Å². The molecule has 0 radical (unpaired) electrons. The van der Waals surface area contributed by atoms with Gasteiger partial charge in [-0.2, -0.15) is 0 Å². The summed E-state index contributed by atoms with van der Waals surface area (Å²) < 4.78 is 5.36. The normalized spacial score (nSPS) is 12.6. The Kier molecular flexibility index (Phi) is 7.06. The van der Waals surface area contributed by atoms with Crippen molar-refractivity contribution in [3.63, 3.8) is 0 Å². The van der Waals surface area contributed by atoms with Crippen molar-refractivity contribution in [1.29, 1.82) is 0 Å². The van der Waals surface area contributed by atoms with E-state index in [1.807, 2.05) is 48.5 Å². The van der Waals surface area contributed by atoms with Gasteiger partial charge in [0.25, 0.3) is 5.91 Å². The van der Waals surface area contributed by atoms with Gasteiger partial charge in [0.2, 0.25) is 0 Å². The van der Waals surface area contributed by atoms with E-state index in [1.165, 1.54) is 0 Å². The average Bonchev–Trinajstić information content (AvgIpc) is 3.19. The summed E-state index contributed by atoms with van der Waals surface area (Å²) in [4.78, 5) is 47.5. The van der Waals surface area contributed by atoms with Crippen LogP contribution in [0.3, 0.4) is 0 Å². The van der Waals surface area contributed by atoms with Crippen molar-refractivity contribution in [3.05, 3.63) is 95.6 Å². The first-order valence-electron chi connectivity index (χ1n) is 10.9. The number of carboxylic acids is 1. The zero-order valence-corrected chi connectivity index (χ0v) is 18.6. The Morgan fingerprint density at radius 2 is 1.37 bits per heavy atom. The van der Waals surface area contributed by atoms with Crippen molar-refractivity contribution in [2.75, 3.05) is 6.61 Å². The molecule has 4 rings (SSSR count). The van der Waals surface area contributed by atoms with Gasteiger partial charge < -0.3 is 15.2 Å². The molecule has 9 heteroatoms. The van der Waals surface area contributed by atoms with Crippen molar-refractivity contribution in [1.82, 2.24) is 16.2 Å². The topological polar surface area (TPSA) is 134 Å². The molecule has 3 aromatic carbocycles. The van der Waals surface area contributed by atoms with Crippen LogP contribution in [-0.2, 0) is 25.5 Å². The fourth-order valence-corrected chi connectivity index (χ4v) is 4.11. The maximum Gasteiger partial charge on any atom is 0.426 e. The highest BCUT2D eigenvalue weighted by Crippen LogP contribution is 2.44. The number of hydrogen-bond acceptors (Lipinski definition) is 5. The Hall–Kier alpha value is -4.66. The zero-order chi connectivity index (χ0) is 24.8. The lowest BCUT2D eigenvalue weighted by atomic mass is 9.98. The standard InChI is InChI=1S/C26H23N3O6/c30-23(22(27-24(31)25(32)33)14-16-8-2-1-3-9-16)28-29-26(34)35-15-21-19-12-6-4-10-17(19)18-11-5-7-13-20(18)21/h1-13,21-22H,14-15H2,(H,27,31)(H,28,30)(H,29,34)(H,32,33)/t22-/m1/s1. The molecule has 0 fully saturated rings. The molecule has 35 heavy (non-hydrogen) atoms. The Morgan fingerprint density at radius 3 is 1.97 bits per heavy atom. The molecule has 9 nitrogen and oxygen atoms in total. The van der Waals surface area contributed by atoms with E-state index in [2.05, 4.69) is 16.2 Å². The van der Waals surface area contributed by atoms with E-state index >= 15 is 0 Å². The molecule has 3 aromatic rings. The minimum Gasteiger partial charge on any atom is -0.474 e. The molecule has 1 aliphatic carbocycles. The van der Waals surface area contributed by atoms with Crippen LogP contribution in [0.1, 0.15) is 22.6 Å². The van der Waals surface area contributed by atoms with Gasteiger partial charge in [0.05, 0.1) is 0 Å². The summed E-state index contributed by atoms with van der Waals surface area (Å²) in [5.74, 6) is -4.00. The summed E-state index contributed by atoms with van der Waals surface area (Å²) in [6, 6.07) is 23.3. The van der Waals surface area contributed by atoms with Gasteiger partial charge in [0, 0.05) is 12.3 Å². The number of rotatable bonds is 6. The first-order valence-corrected chi connectivity index (χ1v) is 10.9. The number of carboxylic acid groups (broad SMARTS) is 1. The highest BCUT2D eigenvalue weighted by molar-refractivity contribution is 6.32. The van der Waals surface area contributed by atoms with E-state index in [1.54, 1.807) is 30.3 Å². The van der Waals surface area contributed by atoms with Crippen molar-refractivity contribution >= 4 is 23.9 Å². The predicted octanol–water partition coefficient (Wildman–Crippen LogP) is 2.37. The third kappa shape index (κ3) is 5.47. The number of fused-ring (bicyclic) bond motifs is 3. The SMILES string of the molecule is O=C(NNC(=O)[C@@H](Cc1ccccc1)NC(=O)C(=O)O)OCC1c2ccccc2-c2ccccc21. The van der Waals surface area contributed by atoms with Gasteiger partial charge in [0.15, 0.2) is 0 Å². The van der Waals surface area contributed by atoms with Crippen LogP contribution >= 0.6 is 0 Å². The number of hydrazine groups is 1. The lowest BCUT2D eigenvalue weighted by Crippen LogP contribution is -2.54. The fourth-order valence-electron chi connectivity index (χ4n) is 4.11. The minimum atomic E-state index is -1.72. The molecule has 0 bridgehead atoms. The first kappa shape index (κ1) is 23.5. The predicted molar refractivity (Wildman–Crippen MR) is 126 cm³/mol. The van der Waals surface area contributed by atoms with E-state index in [9.17, 15) is 19.2 Å².